The summed E-state index contributed by atoms with van der Waals surface area (Å²) in [7, 11) is 0. The molecule has 4 aliphatic rings. The van der Waals surface area contributed by atoms with Crippen LogP contribution in [0.25, 0.3) is 0 Å². The fourth-order valence-electron chi connectivity index (χ4n) is 5.27. The van der Waals surface area contributed by atoms with Gasteiger partial charge in [-0.2, -0.15) is 4.98 Å². The van der Waals surface area contributed by atoms with E-state index in [0.29, 0.717) is 48.9 Å². The third-order valence-corrected chi connectivity index (χ3v) is 7.74. The van der Waals surface area contributed by atoms with Crippen LogP contribution in [0.3, 0.4) is 0 Å². The average Bonchev–Trinajstić information content (AvgIpc) is 3.73. The molecule has 2 aromatic rings. The zero-order valence-corrected chi connectivity index (χ0v) is 20.0. The molecule has 6 rings (SSSR count). The molecule has 2 saturated carbocycles. The van der Waals surface area contributed by atoms with Crippen molar-refractivity contribution in [3.05, 3.63) is 46.6 Å². The Morgan fingerprint density at radius 1 is 1.24 bits per heavy atom. The average molecular weight is 481 g/mol. The maximum Gasteiger partial charge on any atom is 0.231 e. The van der Waals surface area contributed by atoms with E-state index in [1.165, 1.54) is 12.8 Å². The van der Waals surface area contributed by atoms with Gasteiger partial charge in [0.1, 0.15) is 5.82 Å². The van der Waals surface area contributed by atoms with E-state index in [9.17, 15) is 9.59 Å². The standard InChI is InChI=1S/C25H29ClN6O2/c1-14-10-22(33)29-23-18(14)12-28-25(30-23)32-9-8-31(20-11-21(20)32)24(34)19(13-27-17-6-7-17)15-2-4-16(26)5-3-15/h2-5,12,14,17,19-21,27H,6-11,13H2,1H3,(H,28,29,30,33)/t14-,19?,20-,21+/m1/s1. The lowest BCUT2D eigenvalue weighted by atomic mass is 9.96. The Kier molecular flexibility index (Phi) is 5.45. The van der Waals surface area contributed by atoms with Gasteiger partial charge in [0.2, 0.25) is 17.8 Å². The van der Waals surface area contributed by atoms with Crippen LogP contribution in [0.1, 0.15) is 55.6 Å². The molecule has 178 valence electrons. The molecule has 2 aliphatic heterocycles. The summed E-state index contributed by atoms with van der Waals surface area (Å²) in [6.07, 6.45) is 5.59. The molecule has 1 unspecified atom stereocenters. The summed E-state index contributed by atoms with van der Waals surface area (Å²) in [5.74, 6) is 1.33. The van der Waals surface area contributed by atoms with Crippen LogP contribution in [-0.4, -0.2) is 64.4 Å². The van der Waals surface area contributed by atoms with E-state index in [1.807, 2.05) is 37.4 Å². The van der Waals surface area contributed by atoms with Crippen molar-refractivity contribution in [3.8, 4) is 0 Å². The van der Waals surface area contributed by atoms with Crippen molar-refractivity contribution in [2.75, 3.05) is 29.9 Å². The molecule has 34 heavy (non-hydrogen) atoms. The summed E-state index contributed by atoms with van der Waals surface area (Å²) in [5, 5.41) is 7.11. The van der Waals surface area contributed by atoms with Gasteiger partial charge in [-0.15, -0.1) is 0 Å². The van der Waals surface area contributed by atoms with E-state index < -0.39 is 0 Å². The summed E-state index contributed by atoms with van der Waals surface area (Å²) < 4.78 is 0. The molecule has 3 fully saturated rings. The minimum Gasteiger partial charge on any atom is -0.335 e. The maximum absolute atomic E-state index is 13.7. The molecule has 2 amide bonds. The maximum atomic E-state index is 13.7. The number of rotatable bonds is 6. The monoisotopic (exact) mass is 480 g/mol. The van der Waals surface area contributed by atoms with Crippen molar-refractivity contribution in [2.45, 2.75) is 62.6 Å². The Balaban J connectivity index is 1.18. The molecule has 4 atom stereocenters. The van der Waals surface area contributed by atoms with Crippen molar-refractivity contribution in [2.24, 2.45) is 0 Å². The van der Waals surface area contributed by atoms with Crippen molar-refractivity contribution < 1.29 is 9.59 Å². The van der Waals surface area contributed by atoms with E-state index in [2.05, 4.69) is 30.4 Å². The van der Waals surface area contributed by atoms with Gasteiger partial charge in [-0.1, -0.05) is 30.7 Å². The third-order valence-electron chi connectivity index (χ3n) is 7.49. The van der Waals surface area contributed by atoms with Crippen molar-refractivity contribution in [3.63, 3.8) is 0 Å². The van der Waals surface area contributed by atoms with Gasteiger partial charge in [-0.3, -0.25) is 9.59 Å². The van der Waals surface area contributed by atoms with Crippen LogP contribution in [0.2, 0.25) is 5.02 Å². The largest absolute Gasteiger partial charge is 0.335 e. The number of halogens is 1. The summed E-state index contributed by atoms with van der Waals surface area (Å²) in [6, 6.07) is 8.59. The van der Waals surface area contributed by atoms with Crippen LogP contribution in [0.4, 0.5) is 11.8 Å². The first-order valence-electron chi connectivity index (χ1n) is 12.2. The lowest BCUT2D eigenvalue weighted by molar-refractivity contribution is -0.133. The highest BCUT2D eigenvalue weighted by atomic mass is 35.5. The van der Waals surface area contributed by atoms with Crippen molar-refractivity contribution >= 4 is 35.2 Å². The Morgan fingerprint density at radius 2 is 2.03 bits per heavy atom. The van der Waals surface area contributed by atoms with E-state index in [1.54, 1.807) is 0 Å². The highest BCUT2D eigenvalue weighted by Gasteiger charge is 2.52. The zero-order chi connectivity index (χ0) is 23.4. The molecule has 1 aromatic heterocycles. The van der Waals surface area contributed by atoms with Gasteiger partial charge in [-0.05, 0) is 42.9 Å². The summed E-state index contributed by atoms with van der Waals surface area (Å²) >= 11 is 6.10. The lowest BCUT2D eigenvalue weighted by Gasteiger charge is -2.36. The molecule has 0 radical (unpaired) electrons. The first-order valence-corrected chi connectivity index (χ1v) is 12.6. The number of fused-ring (bicyclic) bond motifs is 2. The SMILES string of the molecule is C[C@@H]1CC(=O)Nc2nc(N3CCN(C(=O)C(CNC4CC4)c4ccc(Cl)cc4)[C@@H]4C[C@@H]43)ncc21. The van der Waals surface area contributed by atoms with Gasteiger partial charge in [0.15, 0.2) is 0 Å². The smallest absolute Gasteiger partial charge is 0.231 e. The Hall–Kier alpha value is -2.71. The van der Waals surface area contributed by atoms with Crippen LogP contribution >= 0.6 is 11.6 Å². The van der Waals surface area contributed by atoms with Crippen LogP contribution in [0.5, 0.6) is 0 Å². The topological polar surface area (TPSA) is 90.5 Å². The molecule has 0 bridgehead atoms. The van der Waals surface area contributed by atoms with Gasteiger partial charge in [0.25, 0.3) is 0 Å². The molecule has 3 heterocycles. The quantitative estimate of drug-likeness (QED) is 0.660. The molecular formula is C25H29ClN6O2. The Labute approximate surface area is 204 Å². The van der Waals surface area contributed by atoms with Crippen LogP contribution in [-0.2, 0) is 9.59 Å². The first-order chi connectivity index (χ1) is 16.5. The fraction of sp³-hybridized carbons (Fsp3) is 0.520. The molecule has 2 aliphatic carbocycles. The highest BCUT2D eigenvalue weighted by molar-refractivity contribution is 6.30. The highest BCUT2D eigenvalue weighted by Crippen LogP contribution is 2.41. The minimum atomic E-state index is -0.220. The predicted octanol–water partition coefficient (Wildman–Crippen LogP) is 2.90. The number of hydrogen-bond donors (Lipinski definition) is 2. The predicted molar refractivity (Wildman–Crippen MR) is 130 cm³/mol. The number of amides is 2. The number of hydrogen-bond acceptors (Lipinski definition) is 6. The summed E-state index contributed by atoms with van der Waals surface area (Å²) in [4.78, 5) is 39.2. The second kappa shape index (κ2) is 8.50. The van der Waals surface area contributed by atoms with Gasteiger partial charge < -0.3 is 20.4 Å². The number of anilines is 2. The van der Waals surface area contributed by atoms with E-state index in [-0.39, 0.29) is 35.7 Å². The number of nitrogens with zero attached hydrogens (tertiary/aromatic N) is 4. The fourth-order valence-corrected chi connectivity index (χ4v) is 5.40. The minimum absolute atomic E-state index is 0.00240. The lowest BCUT2D eigenvalue weighted by Crippen LogP contribution is -2.51. The number of benzene rings is 1. The van der Waals surface area contributed by atoms with E-state index >= 15 is 0 Å². The molecule has 1 saturated heterocycles. The van der Waals surface area contributed by atoms with Gasteiger partial charge in [0, 0.05) is 48.9 Å². The second-order valence-corrected chi connectivity index (χ2v) is 10.4. The first kappa shape index (κ1) is 21.8. The van der Waals surface area contributed by atoms with Crippen LogP contribution < -0.4 is 15.5 Å². The summed E-state index contributed by atoms with van der Waals surface area (Å²) in [5.41, 5.74) is 1.99. The van der Waals surface area contributed by atoms with Crippen molar-refractivity contribution in [1.29, 1.82) is 0 Å². The third kappa shape index (κ3) is 4.14. The number of nitrogens with one attached hydrogen (secondary N) is 2. The van der Waals surface area contributed by atoms with Gasteiger partial charge in [-0.25, -0.2) is 4.98 Å². The molecular weight excluding hydrogens is 452 g/mol. The molecule has 2 N–H and O–H groups in total. The molecule has 1 aromatic carbocycles. The molecule has 9 heteroatoms. The summed E-state index contributed by atoms with van der Waals surface area (Å²) in [6.45, 7) is 3.99. The van der Waals surface area contributed by atoms with Gasteiger partial charge >= 0.3 is 0 Å². The Morgan fingerprint density at radius 3 is 2.79 bits per heavy atom. The van der Waals surface area contributed by atoms with Crippen LogP contribution in [0.15, 0.2) is 30.5 Å². The number of piperazine rings is 1. The van der Waals surface area contributed by atoms with Gasteiger partial charge in [0.05, 0.1) is 18.0 Å². The molecule has 0 spiro atoms. The number of aromatic nitrogens is 2. The van der Waals surface area contributed by atoms with E-state index in [0.717, 1.165) is 17.5 Å². The molecule has 8 nitrogen and oxygen atoms in total. The Bertz CT molecular complexity index is 1120. The number of carbonyl (C=O) groups is 2. The normalized spacial score (nSPS) is 26.4. The zero-order valence-electron chi connectivity index (χ0n) is 19.2. The second-order valence-electron chi connectivity index (χ2n) is 10.0. The van der Waals surface area contributed by atoms with E-state index in [4.69, 9.17) is 11.6 Å². The van der Waals surface area contributed by atoms with Crippen molar-refractivity contribution in [1.82, 2.24) is 20.2 Å². The number of carbonyl (C=O) groups excluding carboxylic acids is 2. The van der Waals surface area contributed by atoms with Crippen LogP contribution in [0, 0.1) is 0 Å².